The molecule has 0 saturated heterocycles. The summed E-state index contributed by atoms with van der Waals surface area (Å²) < 4.78 is 45.7. The lowest BCUT2D eigenvalue weighted by atomic mass is 10.1. The van der Waals surface area contributed by atoms with Crippen molar-refractivity contribution in [1.29, 1.82) is 0 Å². The number of carbonyl (C=O) groups is 1. The summed E-state index contributed by atoms with van der Waals surface area (Å²) in [7, 11) is 1.65. The van der Waals surface area contributed by atoms with Crippen LogP contribution in [0.3, 0.4) is 0 Å². The van der Waals surface area contributed by atoms with E-state index in [1.165, 1.54) is 6.07 Å². The molecule has 27 heavy (non-hydrogen) atoms. The zero-order valence-corrected chi connectivity index (χ0v) is 15.5. The fraction of sp³-hybridized carbons (Fsp3) is 0.263. The maximum absolute atomic E-state index is 12.9. The SMILES string of the molecule is Cc1ccc(C(=O)OC(C)c2nc3cc(C(F)(F)F)ccc3n2C)c(Cl)c1. The first kappa shape index (κ1) is 19.2. The summed E-state index contributed by atoms with van der Waals surface area (Å²) in [6.07, 6.45) is -5.23. The summed E-state index contributed by atoms with van der Waals surface area (Å²) in [4.78, 5) is 16.6. The number of aryl methyl sites for hydroxylation is 2. The van der Waals surface area contributed by atoms with E-state index < -0.39 is 23.8 Å². The van der Waals surface area contributed by atoms with Gasteiger partial charge in [0.1, 0.15) is 0 Å². The van der Waals surface area contributed by atoms with E-state index in [9.17, 15) is 18.0 Å². The molecule has 4 nitrogen and oxygen atoms in total. The van der Waals surface area contributed by atoms with Gasteiger partial charge in [-0.15, -0.1) is 0 Å². The Balaban J connectivity index is 1.90. The minimum atomic E-state index is -4.45. The first-order valence-corrected chi connectivity index (χ1v) is 8.46. The normalized spacial score (nSPS) is 13.0. The van der Waals surface area contributed by atoms with Gasteiger partial charge in [-0.25, -0.2) is 9.78 Å². The molecule has 3 rings (SSSR count). The minimum absolute atomic E-state index is 0.179. The molecule has 0 N–H and O–H groups in total. The fourth-order valence-corrected chi connectivity index (χ4v) is 3.13. The monoisotopic (exact) mass is 396 g/mol. The van der Waals surface area contributed by atoms with Gasteiger partial charge in [-0.05, 0) is 49.7 Å². The molecule has 1 unspecified atom stereocenters. The number of hydrogen-bond acceptors (Lipinski definition) is 3. The van der Waals surface area contributed by atoms with E-state index in [1.54, 1.807) is 36.7 Å². The van der Waals surface area contributed by atoms with Crippen molar-refractivity contribution in [2.24, 2.45) is 7.05 Å². The molecule has 142 valence electrons. The number of rotatable bonds is 3. The van der Waals surface area contributed by atoms with Crippen LogP contribution in [0.25, 0.3) is 11.0 Å². The van der Waals surface area contributed by atoms with Crippen molar-refractivity contribution in [2.75, 3.05) is 0 Å². The zero-order chi connectivity index (χ0) is 19.9. The Kier molecular flexibility index (Phi) is 4.90. The van der Waals surface area contributed by atoms with Gasteiger partial charge in [0.15, 0.2) is 11.9 Å². The van der Waals surface area contributed by atoms with Gasteiger partial charge in [0.05, 0.1) is 27.2 Å². The molecule has 0 saturated carbocycles. The number of halogens is 4. The van der Waals surface area contributed by atoms with Crippen LogP contribution >= 0.6 is 11.6 Å². The molecule has 2 aromatic carbocycles. The van der Waals surface area contributed by atoms with Crippen molar-refractivity contribution in [3.8, 4) is 0 Å². The van der Waals surface area contributed by atoms with Crippen LogP contribution in [0.15, 0.2) is 36.4 Å². The molecule has 0 fully saturated rings. The Morgan fingerprint density at radius 3 is 2.56 bits per heavy atom. The second kappa shape index (κ2) is 6.88. The summed E-state index contributed by atoms with van der Waals surface area (Å²) in [5.74, 6) is -0.295. The quantitative estimate of drug-likeness (QED) is 0.551. The van der Waals surface area contributed by atoms with Crippen molar-refractivity contribution in [3.63, 3.8) is 0 Å². The first-order valence-electron chi connectivity index (χ1n) is 8.08. The number of alkyl halides is 3. The van der Waals surface area contributed by atoms with E-state index in [0.29, 0.717) is 11.3 Å². The number of imidazole rings is 1. The lowest BCUT2D eigenvalue weighted by Gasteiger charge is -2.14. The standard InChI is InChI=1S/C19H16ClF3N2O2/c1-10-4-6-13(14(20)8-10)18(26)27-11(2)17-24-15-9-12(19(21,22)23)5-7-16(15)25(17)3/h4-9,11H,1-3H3. The Bertz CT molecular complexity index is 1030. The topological polar surface area (TPSA) is 44.1 Å². The van der Waals surface area contributed by atoms with Crippen LogP contribution in [-0.2, 0) is 18.0 Å². The molecule has 0 bridgehead atoms. The van der Waals surface area contributed by atoms with Gasteiger partial charge in [-0.1, -0.05) is 17.7 Å². The highest BCUT2D eigenvalue weighted by Crippen LogP contribution is 2.32. The summed E-state index contributed by atoms with van der Waals surface area (Å²) >= 11 is 6.08. The average molecular weight is 397 g/mol. The summed E-state index contributed by atoms with van der Waals surface area (Å²) in [6.45, 7) is 3.45. The van der Waals surface area contributed by atoms with E-state index in [4.69, 9.17) is 16.3 Å². The average Bonchev–Trinajstić information content (AvgIpc) is 2.90. The second-order valence-electron chi connectivity index (χ2n) is 6.26. The number of hydrogen-bond donors (Lipinski definition) is 0. The molecule has 1 heterocycles. The third-order valence-electron chi connectivity index (χ3n) is 4.23. The Morgan fingerprint density at radius 2 is 1.93 bits per heavy atom. The zero-order valence-electron chi connectivity index (χ0n) is 14.8. The molecule has 3 aromatic rings. The summed E-state index contributed by atoms with van der Waals surface area (Å²) in [5.41, 5.74) is 1.02. The lowest BCUT2D eigenvalue weighted by Crippen LogP contribution is -2.13. The van der Waals surface area contributed by atoms with Crippen LogP contribution in [0.4, 0.5) is 13.2 Å². The van der Waals surface area contributed by atoms with Gasteiger partial charge in [-0.3, -0.25) is 0 Å². The van der Waals surface area contributed by atoms with Crippen molar-refractivity contribution in [3.05, 3.63) is 63.9 Å². The fourth-order valence-electron chi connectivity index (χ4n) is 2.82. The van der Waals surface area contributed by atoms with Gasteiger partial charge in [0.25, 0.3) is 0 Å². The maximum atomic E-state index is 12.9. The van der Waals surface area contributed by atoms with Crippen LogP contribution < -0.4 is 0 Å². The van der Waals surface area contributed by atoms with E-state index in [0.717, 1.165) is 17.7 Å². The molecular weight excluding hydrogens is 381 g/mol. The molecule has 1 atom stereocenters. The van der Waals surface area contributed by atoms with Crippen molar-refractivity contribution in [2.45, 2.75) is 26.1 Å². The van der Waals surface area contributed by atoms with Crippen LogP contribution in [-0.4, -0.2) is 15.5 Å². The molecule has 0 radical (unpaired) electrons. The summed E-state index contributed by atoms with van der Waals surface area (Å²) in [5, 5.41) is 0.270. The predicted octanol–water partition coefficient (Wildman–Crippen LogP) is 5.47. The highest BCUT2D eigenvalue weighted by molar-refractivity contribution is 6.33. The predicted molar refractivity (Wildman–Crippen MR) is 95.7 cm³/mol. The molecule has 8 heteroatoms. The number of nitrogens with zero attached hydrogens (tertiary/aromatic N) is 2. The lowest BCUT2D eigenvalue weighted by molar-refractivity contribution is -0.137. The van der Waals surface area contributed by atoms with E-state index in [1.807, 2.05) is 6.92 Å². The van der Waals surface area contributed by atoms with Crippen LogP contribution in [0.1, 0.15) is 40.3 Å². The molecular formula is C19H16ClF3N2O2. The van der Waals surface area contributed by atoms with E-state index in [2.05, 4.69) is 4.98 Å². The molecule has 0 aliphatic rings. The maximum Gasteiger partial charge on any atom is 0.416 e. The number of carbonyl (C=O) groups excluding carboxylic acids is 1. The molecule has 0 aliphatic carbocycles. The van der Waals surface area contributed by atoms with Crippen LogP contribution in [0.2, 0.25) is 5.02 Å². The third kappa shape index (κ3) is 3.78. The van der Waals surface area contributed by atoms with Crippen molar-refractivity contribution < 1.29 is 22.7 Å². The number of ether oxygens (including phenoxy) is 1. The molecule has 0 aliphatic heterocycles. The minimum Gasteiger partial charge on any atom is -0.451 e. The number of esters is 1. The first-order chi connectivity index (χ1) is 12.6. The van der Waals surface area contributed by atoms with Crippen molar-refractivity contribution >= 4 is 28.6 Å². The van der Waals surface area contributed by atoms with Gasteiger partial charge < -0.3 is 9.30 Å². The van der Waals surface area contributed by atoms with Crippen molar-refractivity contribution in [1.82, 2.24) is 9.55 Å². The highest BCUT2D eigenvalue weighted by atomic mass is 35.5. The van der Waals surface area contributed by atoms with Crippen LogP contribution in [0.5, 0.6) is 0 Å². The number of benzene rings is 2. The molecule has 1 aromatic heterocycles. The number of fused-ring (bicyclic) bond motifs is 1. The summed E-state index contributed by atoms with van der Waals surface area (Å²) in [6, 6.07) is 8.27. The Morgan fingerprint density at radius 1 is 1.22 bits per heavy atom. The Labute approximate surface area is 158 Å². The smallest absolute Gasteiger partial charge is 0.416 e. The van der Waals surface area contributed by atoms with Gasteiger partial charge >= 0.3 is 12.1 Å². The Hall–Kier alpha value is -2.54. The van der Waals surface area contributed by atoms with E-state index in [-0.39, 0.29) is 16.1 Å². The van der Waals surface area contributed by atoms with Crippen LogP contribution in [0, 0.1) is 6.92 Å². The third-order valence-corrected chi connectivity index (χ3v) is 4.55. The second-order valence-corrected chi connectivity index (χ2v) is 6.67. The van der Waals surface area contributed by atoms with Gasteiger partial charge in [0, 0.05) is 7.05 Å². The van der Waals surface area contributed by atoms with E-state index >= 15 is 0 Å². The van der Waals surface area contributed by atoms with Gasteiger partial charge in [-0.2, -0.15) is 13.2 Å². The molecule has 0 spiro atoms. The number of aromatic nitrogens is 2. The highest BCUT2D eigenvalue weighted by Gasteiger charge is 2.31. The van der Waals surface area contributed by atoms with Gasteiger partial charge in [0.2, 0.25) is 0 Å². The largest absolute Gasteiger partial charge is 0.451 e. The molecule has 0 amide bonds.